The summed E-state index contributed by atoms with van der Waals surface area (Å²) in [6, 6.07) is 7.98. The van der Waals surface area contributed by atoms with Crippen LogP contribution in [0.4, 0.5) is 0 Å². The molecule has 3 rings (SSSR count). The number of nitrogens with zero attached hydrogens (tertiary/aromatic N) is 1. The number of fused-ring (bicyclic) bond motifs is 1. The molecule has 0 unspecified atom stereocenters. The monoisotopic (exact) mass is 247 g/mol. The number of aryl methyl sites for hydroxylation is 1. The lowest BCUT2D eigenvalue weighted by molar-refractivity contribution is 0.506. The first-order chi connectivity index (χ1) is 8.26. The van der Waals surface area contributed by atoms with Crippen molar-refractivity contribution in [1.29, 1.82) is 0 Å². The summed E-state index contributed by atoms with van der Waals surface area (Å²) < 4.78 is 11.1. The maximum absolute atomic E-state index is 5.69. The van der Waals surface area contributed by atoms with Gasteiger partial charge in [-0.15, -0.1) is 11.6 Å². The molecular formula is C13H10ClNO2. The highest BCUT2D eigenvalue weighted by Crippen LogP contribution is 2.29. The van der Waals surface area contributed by atoms with Crippen LogP contribution in [-0.2, 0) is 5.88 Å². The number of benzene rings is 1. The van der Waals surface area contributed by atoms with Crippen LogP contribution in [0.1, 0.15) is 11.5 Å². The van der Waals surface area contributed by atoms with E-state index in [1.807, 2.05) is 25.1 Å². The summed E-state index contributed by atoms with van der Waals surface area (Å²) in [6.07, 6.45) is 1.63. The number of halogens is 1. The molecule has 0 aliphatic heterocycles. The van der Waals surface area contributed by atoms with Crippen molar-refractivity contribution in [3.8, 4) is 11.5 Å². The molecule has 0 bridgehead atoms. The summed E-state index contributed by atoms with van der Waals surface area (Å²) in [5.74, 6) is 2.04. The maximum atomic E-state index is 5.69. The molecule has 0 radical (unpaired) electrons. The average Bonchev–Trinajstić information content (AvgIpc) is 2.93. The number of hydrogen-bond donors (Lipinski definition) is 0. The van der Waals surface area contributed by atoms with Gasteiger partial charge >= 0.3 is 0 Å². The van der Waals surface area contributed by atoms with E-state index in [1.165, 1.54) is 5.56 Å². The second kappa shape index (κ2) is 3.93. The Labute approximate surface area is 103 Å². The molecule has 3 nitrogen and oxygen atoms in total. The fraction of sp³-hybridized carbons (Fsp3) is 0.154. The fourth-order valence-electron chi connectivity index (χ4n) is 1.77. The van der Waals surface area contributed by atoms with Gasteiger partial charge in [-0.3, -0.25) is 0 Å². The van der Waals surface area contributed by atoms with Gasteiger partial charge in [0.25, 0.3) is 0 Å². The second-order valence-corrected chi connectivity index (χ2v) is 4.17. The molecule has 2 heterocycles. The predicted octanol–water partition coefficient (Wildman–Crippen LogP) is 4.14. The van der Waals surface area contributed by atoms with Crippen LogP contribution in [0.3, 0.4) is 0 Å². The quantitative estimate of drug-likeness (QED) is 0.639. The molecule has 0 spiro atoms. The lowest BCUT2D eigenvalue weighted by Crippen LogP contribution is -1.70. The standard InChI is InChI=1S/C13H10ClNO2/c1-8-2-3-10-9(4-8)5-11(16-10)12-7-15-13(6-14)17-12/h2-5,7H,6H2,1H3. The van der Waals surface area contributed by atoms with Crippen molar-refractivity contribution in [2.24, 2.45) is 0 Å². The third kappa shape index (κ3) is 1.83. The van der Waals surface area contributed by atoms with Gasteiger partial charge in [0.05, 0.1) is 12.1 Å². The van der Waals surface area contributed by atoms with E-state index >= 15 is 0 Å². The molecule has 0 amide bonds. The Morgan fingerprint density at radius 1 is 1.18 bits per heavy atom. The van der Waals surface area contributed by atoms with Crippen LogP contribution >= 0.6 is 11.6 Å². The zero-order valence-electron chi connectivity index (χ0n) is 9.24. The summed E-state index contributed by atoms with van der Waals surface area (Å²) in [5.41, 5.74) is 2.04. The minimum absolute atomic E-state index is 0.263. The second-order valence-electron chi connectivity index (χ2n) is 3.90. The zero-order chi connectivity index (χ0) is 11.8. The highest BCUT2D eigenvalue weighted by molar-refractivity contribution is 6.16. The van der Waals surface area contributed by atoms with Crippen LogP contribution < -0.4 is 0 Å². The van der Waals surface area contributed by atoms with Crippen LogP contribution in [-0.4, -0.2) is 4.98 Å². The molecule has 0 aliphatic rings. The largest absolute Gasteiger partial charge is 0.453 e. The van der Waals surface area contributed by atoms with Gasteiger partial charge in [0.2, 0.25) is 5.89 Å². The average molecular weight is 248 g/mol. The summed E-state index contributed by atoms with van der Waals surface area (Å²) in [7, 11) is 0. The van der Waals surface area contributed by atoms with Gasteiger partial charge in [0, 0.05) is 5.39 Å². The molecule has 86 valence electrons. The van der Waals surface area contributed by atoms with Gasteiger partial charge in [0.1, 0.15) is 5.58 Å². The van der Waals surface area contributed by atoms with Crippen LogP contribution in [0.2, 0.25) is 0 Å². The SMILES string of the molecule is Cc1ccc2oc(-c3cnc(CCl)o3)cc2c1. The Morgan fingerprint density at radius 3 is 2.82 bits per heavy atom. The molecule has 0 saturated carbocycles. The van der Waals surface area contributed by atoms with Crippen LogP contribution in [0, 0.1) is 6.92 Å². The van der Waals surface area contributed by atoms with Gasteiger partial charge in [-0.2, -0.15) is 0 Å². The molecule has 17 heavy (non-hydrogen) atoms. The molecule has 0 saturated heterocycles. The summed E-state index contributed by atoms with van der Waals surface area (Å²) in [5, 5.41) is 1.06. The lowest BCUT2D eigenvalue weighted by atomic mass is 10.2. The Hall–Kier alpha value is -1.74. The van der Waals surface area contributed by atoms with Gasteiger partial charge in [-0.25, -0.2) is 4.98 Å². The Morgan fingerprint density at radius 2 is 2.06 bits per heavy atom. The van der Waals surface area contributed by atoms with E-state index in [0.717, 1.165) is 11.0 Å². The van der Waals surface area contributed by atoms with E-state index in [0.29, 0.717) is 17.4 Å². The molecule has 3 aromatic rings. The minimum Gasteiger partial charge on any atom is -0.453 e. The number of oxazole rings is 1. The fourth-order valence-corrected chi connectivity index (χ4v) is 1.89. The molecule has 0 aliphatic carbocycles. The van der Waals surface area contributed by atoms with E-state index in [4.69, 9.17) is 20.4 Å². The van der Waals surface area contributed by atoms with Crippen molar-refractivity contribution < 1.29 is 8.83 Å². The first kappa shape index (κ1) is 10.4. The van der Waals surface area contributed by atoms with E-state index in [-0.39, 0.29) is 5.88 Å². The number of furan rings is 1. The molecular weight excluding hydrogens is 238 g/mol. The highest BCUT2D eigenvalue weighted by atomic mass is 35.5. The Bertz CT molecular complexity index is 669. The minimum atomic E-state index is 0.263. The zero-order valence-corrected chi connectivity index (χ0v) is 9.99. The molecule has 1 aromatic carbocycles. The summed E-state index contributed by atoms with van der Waals surface area (Å²) in [6.45, 7) is 2.05. The molecule has 0 N–H and O–H groups in total. The first-order valence-electron chi connectivity index (χ1n) is 5.27. The summed E-state index contributed by atoms with van der Waals surface area (Å²) in [4.78, 5) is 4.04. The number of rotatable bonds is 2. The topological polar surface area (TPSA) is 39.2 Å². The number of aromatic nitrogens is 1. The lowest BCUT2D eigenvalue weighted by Gasteiger charge is -1.89. The molecule has 4 heteroatoms. The Balaban J connectivity index is 2.11. The van der Waals surface area contributed by atoms with E-state index < -0.39 is 0 Å². The van der Waals surface area contributed by atoms with Gasteiger partial charge in [-0.1, -0.05) is 11.6 Å². The Kier molecular flexibility index (Phi) is 2.41. The van der Waals surface area contributed by atoms with E-state index in [9.17, 15) is 0 Å². The van der Waals surface area contributed by atoms with Crippen molar-refractivity contribution in [3.63, 3.8) is 0 Å². The predicted molar refractivity (Wildman–Crippen MR) is 66.0 cm³/mol. The molecule has 0 fully saturated rings. The van der Waals surface area contributed by atoms with E-state index in [2.05, 4.69) is 11.1 Å². The first-order valence-corrected chi connectivity index (χ1v) is 5.81. The van der Waals surface area contributed by atoms with Crippen molar-refractivity contribution in [1.82, 2.24) is 4.98 Å². The number of alkyl halides is 1. The van der Waals surface area contributed by atoms with Crippen molar-refractivity contribution in [3.05, 3.63) is 41.9 Å². The van der Waals surface area contributed by atoms with Crippen molar-refractivity contribution >= 4 is 22.6 Å². The van der Waals surface area contributed by atoms with Crippen LogP contribution in [0.25, 0.3) is 22.5 Å². The van der Waals surface area contributed by atoms with Crippen molar-refractivity contribution in [2.75, 3.05) is 0 Å². The molecule has 2 aromatic heterocycles. The summed E-state index contributed by atoms with van der Waals surface area (Å²) >= 11 is 5.64. The normalized spacial score (nSPS) is 11.2. The van der Waals surface area contributed by atoms with Crippen molar-refractivity contribution in [2.45, 2.75) is 12.8 Å². The molecule has 0 atom stereocenters. The number of hydrogen-bond acceptors (Lipinski definition) is 3. The van der Waals surface area contributed by atoms with Gasteiger partial charge < -0.3 is 8.83 Å². The van der Waals surface area contributed by atoms with Gasteiger partial charge in [0.15, 0.2) is 11.5 Å². The van der Waals surface area contributed by atoms with Gasteiger partial charge in [-0.05, 0) is 25.1 Å². The van der Waals surface area contributed by atoms with Crippen LogP contribution in [0.15, 0.2) is 39.3 Å². The highest BCUT2D eigenvalue weighted by Gasteiger charge is 2.11. The van der Waals surface area contributed by atoms with Crippen LogP contribution in [0.5, 0.6) is 0 Å². The third-order valence-electron chi connectivity index (χ3n) is 2.58. The smallest absolute Gasteiger partial charge is 0.210 e. The maximum Gasteiger partial charge on any atom is 0.210 e. The van der Waals surface area contributed by atoms with E-state index in [1.54, 1.807) is 6.20 Å². The third-order valence-corrected chi connectivity index (χ3v) is 2.81.